The minimum atomic E-state index is -0.296. The third kappa shape index (κ3) is 24.5. The molecule has 0 atom stereocenters. The molecule has 0 heterocycles. The second kappa shape index (κ2) is 27.8. The molecule has 0 aromatic rings. The minimum Gasteiger partial charge on any atom is -0.394 e. The number of aliphatic hydroxyl groups excluding tert-OH is 2. The first kappa shape index (κ1) is 32.6. The summed E-state index contributed by atoms with van der Waals surface area (Å²) in [6, 6.07) is 0. The standard InChI is InChI=1S/C22H46O11/c1-3-25-9-11-30-19-22(20-31-12-10-26-4-2)33-16-14-27-13-15-32-21(17-28-7-5-23)18-29-8-6-24/h21-24H,3-20H2,1-2H3. The zero-order chi connectivity index (χ0) is 24.2. The molecule has 0 aliphatic heterocycles. The van der Waals surface area contributed by atoms with E-state index >= 15 is 0 Å². The highest BCUT2D eigenvalue weighted by Gasteiger charge is 2.12. The average Bonchev–Trinajstić information content (AvgIpc) is 2.82. The minimum absolute atomic E-state index is 0.0521. The fourth-order valence-corrected chi connectivity index (χ4v) is 2.45. The van der Waals surface area contributed by atoms with Gasteiger partial charge in [-0.15, -0.1) is 0 Å². The van der Waals surface area contributed by atoms with Gasteiger partial charge >= 0.3 is 0 Å². The van der Waals surface area contributed by atoms with Gasteiger partial charge < -0.3 is 52.8 Å². The molecule has 0 fully saturated rings. The molecule has 0 amide bonds. The van der Waals surface area contributed by atoms with Gasteiger partial charge in [0, 0.05) is 13.2 Å². The summed E-state index contributed by atoms with van der Waals surface area (Å²) in [6.45, 7) is 10.7. The third-order valence-electron chi connectivity index (χ3n) is 4.00. The predicted molar refractivity (Wildman–Crippen MR) is 121 cm³/mol. The van der Waals surface area contributed by atoms with E-state index in [1.165, 1.54) is 0 Å². The summed E-state index contributed by atoms with van der Waals surface area (Å²) in [7, 11) is 0. The van der Waals surface area contributed by atoms with Gasteiger partial charge in [-0.05, 0) is 13.8 Å². The van der Waals surface area contributed by atoms with Crippen molar-refractivity contribution in [3.63, 3.8) is 0 Å². The fourth-order valence-electron chi connectivity index (χ4n) is 2.45. The largest absolute Gasteiger partial charge is 0.394 e. The Morgan fingerprint density at radius 3 is 1.12 bits per heavy atom. The van der Waals surface area contributed by atoms with Gasteiger partial charge in [-0.25, -0.2) is 0 Å². The summed E-state index contributed by atoms with van der Waals surface area (Å²) in [5.41, 5.74) is 0. The van der Waals surface area contributed by atoms with Crippen LogP contribution in [0.25, 0.3) is 0 Å². The normalized spacial score (nSPS) is 11.8. The Labute approximate surface area is 198 Å². The first-order valence-corrected chi connectivity index (χ1v) is 11.8. The molecule has 0 aliphatic rings. The smallest absolute Gasteiger partial charge is 0.104 e. The van der Waals surface area contributed by atoms with E-state index in [2.05, 4.69) is 0 Å². The van der Waals surface area contributed by atoms with Crippen molar-refractivity contribution < 1.29 is 52.8 Å². The Morgan fingerprint density at radius 2 is 0.758 bits per heavy atom. The Balaban J connectivity index is 3.98. The molecule has 0 bridgehead atoms. The maximum absolute atomic E-state index is 8.80. The lowest BCUT2D eigenvalue weighted by Crippen LogP contribution is -2.29. The van der Waals surface area contributed by atoms with Gasteiger partial charge in [0.2, 0.25) is 0 Å². The molecule has 2 N–H and O–H groups in total. The maximum atomic E-state index is 8.80. The molecule has 0 aliphatic carbocycles. The van der Waals surface area contributed by atoms with E-state index in [4.69, 9.17) is 52.8 Å². The second-order valence-corrected chi connectivity index (χ2v) is 6.74. The van der Waals surface area contributed by atoms with Crippen LogP contribution in [0.1, 0.15) is 13.8 Å². The average molecular weight is 487 g/mol. The molecular formula is C22H46O11. The van der Waals surface area contributed by atoms with Gasteiger partial charge in [0.05, 0.1) is 106 Å². The molecule has 0 saturated heterocycles. The Bertz CT molecular complexity index is 339. The van der Waals surface area contributed by atoms with Crippen molar-refractivity contribution in [2.75, 3.05) is 119 Å². The van der Waals surface area contributed by atoms with Gasteiger partial charge in [0.15, 0.2) is 0 Å². The molecule has 11 heteroatoms. The van der Waals surface area contributed by atoms with Crippen molar-refractivity contribution >= 4 is 0 Å². The van der Waals surface area contributed by atoms with Crippen LogP contribution in [0.3, 0.4) is 0 Å². The van der Waals surface area contributed by atoms with Crippen LogP contribution in [-0.4, -0.2) is 141 Å². The van der Waals surface area contributed by atoms with Crippen molar-refractivity contribution in [3.8, 4) is 0 Å². The van der Waals surface area contributed by atoms with Crippen molar-refractivity contribution in [2.45, 2.75) is 26.1 Å². The van der Waals surface area contributed by atoms with Gasteiger partial charge in [0.1, 0.15) is 12.2 Å². The molecule has 11 nitrogen and oxygen atoms in total. The highest BCUT2D eigenvalue weighted by Crippen LogP contribution is 1.99. The van der Waals surface area contributed by atoms with E-state index in [1.807, 2.05) is 13.8 Å². The summed E-state index contributed by atoms with van der Waals surface area (Å²) < 4.78 is 49.4. The molecule has 0 aromatic carbocycles. The van der Waals surface area contributed by atoms with E-state index in [-0.39, 0.29) is 38.6 Å². The van der Waals surface area contributed by atoms with Crippen LogP contribution < -0.4 is 0 Å². The van der Waals surface area contributed by atoms with Gasteiger partial charge in [-0.2, -0.15) is 0 Å². The van der Waals surface area contributed by atoms with Crippen molar-refractivity contribution in [2.24, 2.45) is 0 Å². The molecule has 33 heavy (non-hydrogen) atoms. The van der Waals surface area contributed by atoms with Crippen LogP contribution in [0.2, 0.25) is 0 Å². The lowest BCUT2D eigenvalue weighted by molar-refractivity contribution is -0.0944. The summed E-state index contributed by atoms with van der Waals surface area (Å²) in [4.78, 5) is 0. The SMILES string of the molecule is CCOCCOCC(COCCOCC)OCCOCCOC(COCCO)COCCO. The Morgan fingerprint density at radius 1 is 0.424 bits per heavy atom. The van der Waals surface area contributed by atoms with Gasteiger partial charge in [0.25, 0.3) is 0 Å². The first-order valence-electron chi connectivity index (χ1n) is 11.8. The quantitative estimate of drug-likeness (QED) is 0.144. The summed E-state index contributed by atoms with van der Waals surface area (Å²) in [6.07, 6.45) is -0.500. The number of aliphatic hydroxyl groups is 2. The summed E-state index contributed by atoms with van der Waals surface area (Å²) in [5.74, 6) is 0. The summed E-state index contributed by atoms with van der Waals surface area (Å²) >= 11 is 0. The third-order valence-corrected chi connectivity index (χ3v) is 4.00. The van der Waals surface area contributed by atoms with Crippen LogP contribution in [0.5, 0.6) is 0 Å². The molecule has 0 aromatic heterocycles. The summed E-state index contributed by atoms with van der Waals surface area (Å²) in [5, 5.41) is 17.6. The van der Waals surface area contributed by atoms with Crippen LogP contribution >= 0.6 is 0 Å². The monoisotopic (exact) mass is 486 g/mol. The van der Waals surface area contributed by atoms with Gasteiger partial charge in [-0.3, -0.25) is 0 Å². The fraction of sp³-hybridized carbons (Fsp3) is 1.00. The number of rotatable bonds is 28. The molecule has 0 unspecified atom stereocenters. The maximum Gasteiger partial charge on any atom is 0.104 e. The molecule has 200 valence electrons. The first-order chi connectivity index (χ1) is 16.3. The van der Waals surface area contributed by atoms with E-state index < -0.39 is 0 Å². The molecule has 0 saturated carbocycles. The van der Waals surface area contributed by atoms with Crippen molar-refractivity contribution in [1.82, 2.24) is 0 Å². The van der Waals surface area contributed by atoms with Gasteiger partial charge in [-0.1, -0.05) is 0 Å². The van der Waals surface area contributed by atoms with Crippen LogP contribution in [0, 0.1) is 0 Å². The van der Waals surface area contributed by atoms with E-state index in [1.54, 1.807) is 0 Å². The van der Waals surface area contributed by atoms with Crippen LogP contribution in [0.4, 0.5) is 0 Å². The topological polar surface area (TPSA) is 124 Å². The molecule has 0 rings (SSSR count). The van der Waals surface area contributed by atoms with Crippen molar-refractivity contribution in [1.29, 1.82) is 0 Å². The van der Waals surface area contributed by atoms with E-state index in [0.29, 0.717) is 92.5 Å². The van der Waals surface area contributed by atoms with Crippen molar-refractivity contribution in [3.05, 3.63) is 0 Å². The van der Waals surface area contributed by atoms with Crippen LogP contribution in [0.15, 0.2) is 0 Å². The highest BCUT2D eigenvalue weighted by atomic mass is 16.6. The zero-order valence-electron chi connectivity index (χ0n) is 20.5. The van der Waals surface area contributed by atoms with Crippen LogP contribution in [-0.2, 0) is 42.6 Å². The molecule has 0 spiro atoms. The Kier molecular flexibility index (Phi) is 27.4. The lowest BCUT2D eigenvalue weighted by atomic mass is 10.4. The molecule has 0 radical (unpaired) electrons. The highest BCUT2D eigenvalue weighted by molar-refractivity contribution is 4.57. The lowest BCUT2D eigenvalue weighted by Gasteiger charge is -2.19. The second-order valence-electron chi connectivity index (χ2n) is 6.74. The number of hydrogen-bond donors (Lipinski definition) is 2. The number of hydrogen-bond acceptors (Lipinski definition) is 11. The van der Waals surface area contributed by atoms with E-state index in [9.17, 15) is 0 Å². The predicted octanol–water partition coefficient (Wildman–Crippen LogP) is -0.103. The van der Waals surface area contributed by atoms with E-state index in [0.717, 1.165) is 0 Å². The molecular weight excluding hydrogens is 440 g/mol. The number of ether oxygens (including phenoxy) is 9. The zero-order valence-corrected chi connectivity index (χ0v) is 20.5. The Hall–Kier alpha value is -0.440.